The molecule has 1 fully saturated rings. The van der Waals surface area contributed by atoms with E-state index in [-0.39, 0.29) is 12.7 Å². The van der Waals surface area contributed by atoms with E-state index in [1.54, 1.807) is 18.2 Å². The second kappa shape index (κ2) is 6.58. The van der Waals surface area contributed by atoms with Crippen molar-refractivity contribution in [3.63, 3.8) is 0 Å². The van der Waals surface area contributed by atoms with Crippen LogP contribution in [0.2, 0.25) is 0 Å². The first kappa shape index (κ1) is 15.7. The number of carbonyl (C=O) groups is 1. The summed E-state index contributed by atoms with van der Waals surface area (Å²) in [6.07, 6.45) is 0.895. The smallest absolute Gasteiger partial charge is 0.254 e. The van der Waals surface area contributed by atoms with Gasteiger partial charge < -0.3 is 19.3 Å². The van der Waals surface area contributed by atoms with Crippen LogP contribution >= 0.6 is 0 Å². The van der Waals surface area contributed by atoms with Gasteiger partial charge in [-0.3, -0.25) is 4.79 Å². The van der Waals surface area contributed by atoms with Gasteiger partial charge in [0, 0.05) is 31.7 Å². The van der Waals surface area contributed by atoms with Crippen molar-refractivity contribution < 1.29 is 14.3 Å². The van der Waals surface area contributed by atoms with Gasteiger partial charge in [0.2, 0.25) is 6.79 Å². The number of nitrogens with zero attached hydrogens (tertiary/aromatic N) is 4. The van der Waals surface area contributed by atoms with Crippen molar-refractivity contribution in [2.75, 3.05) is 37.9 Å². The number of ether oxygens (including phenoxy) is 2. The molecular weight excluding hydrogens is 320 g/mol. The van der Waals surface area contributed by atoms with Gasteiger partial charge in [-0.1, -0.05) is 0 Å². The van der Waals surface area contributed by atoms with Crippen LogP contribution in [0.3, 0.4) is 0 Å². The number of rotatable bonds is 2. The molecule has 0 N–H and O–H groups in total. The number of carbonyl (C=O) groups excluding carboxylic acids is 1. The Morgan fingerprint density at radius 2 is 1.88 bits per heavy atom. The van der Waals surface area contributed by atoms with Gasteiger partial charge in [-0.05, 0) is 43.7 Å². The molecule has 1 amide bonds. The molecule has 2 aliphatic rings. The molecule has 0 radical (unpaired) electrons. The van der Waals surface area contributed by atoms with Crippen molar-refractivity contribution in [3.05, 3.63) is 41.6 Å². The molecule has 3 heterocycles. The molecule has 130 valence electrons. The maximum atomic E-state index is 12.8. The Balaban J connectivity index is 1.45. The van der Waals surface area contributed by atoms with Gasteiger partial charge in [0.15, 0.2) is 17.3 Å². The SMILES string of the molecule is Cc1ccc(N2CCCN(C(=O)c3ccc4c(c3)OCO4)CC2)nn1. The molecular formula is C18H20N4O3. The summed E-state index contributed by atoms with van der Waals surface area (Å²) in [6, 6.07) is 9.30. The lowest BCUT2D eigenvalue weighted by Gasteiger charge is -2.22. The second-order valence-corrected chi connectivity index (χ2v) is 6.23. The number of benzene rings is 1. The summed E-state index contributed by atoms with van der Waals surface area (Å²) in [4.78, 5) is 16.9. The van der Waals surface area contributed by atoms with E-state index in [9.17, 15) is 4.79 Å². The molecule has 1 aromatic heterocycles. The van der Waals surface area contributed by atoms with Crippen LogP contribution in [0.5, 0.6) is 11.5 Å². The third-order valence-electron chi connectivity index (χ3n) is 4.51. The van der Waals surface area contributed by atoms with Crippen LogP contribution in [0.4, 0.5) is 5.82 Å². The van der Waals surface area contributed by atoms with E-state index in [1.807, 2.05) is 24.0 Å². The fourth-order valence-corrected chi connectivity index (χ4v) is 3.12. The first-order valence-corrected chi connectivity index (χ1v) is 8.45. The summed E-state index contributed by atoms with van der Waals surface area (Å²) < 4.78 is 10.7. The largest absolute Gasteiger partial charge is 0.454 e. The molecule has 2 aromatic rings. The first-order chi connectivity index (χ1) is 12.2. The molecule has 25 heavy (non-hydrogen) atoms. The minimum atomic E-state index is 0.0233. The molecule has 1 saturated heterocycles. The fraction of sp³-hybridized carbons (Fsp3) is 0.389. The number of aryl methyl sites for hydroxylation is 1. The minimum Gasteiger partial charge on any atom is -0.454 e. The number of aromatic nitrogens is 2. The zero-order chi connectivity index (χ0) is 17.2. The molecule has 2 aliphatic heterocycles. The van der Waals surface area contributed by atoms with Gasteiger partial charge in [-0.15, -0.1) is 5.10 Å². The number of hydrogen-bond donors (Lipinski definition) is 0. The third-order valence-corrected chi connectivity index (χ3v) is 4.51. The molecule has 0 aliphatic carbocycles. The van der Waals surface area contributed by atoms with E-state index in [0.29, 0.717) is 23.6 Å². The van der Waals surface area contributed by atoms with Crippen molar-refractivity contribution in [2.45, 2.75) is 13.3 Å². The quantitative estimate of drug-likeness (QED) is 0.831. The van der Waals surface area contributed by atoms with Crippen molar-refractivity contribution in [1.82, 2.24) is 15.1 Å². The molecule has 0 atom stereocenters. The maximum Gasteiger partial charge on any atom is 0.254 e. The summed E-state index contributed by atoms with van der Waals surface area (Å²) in [5.41, 5.74) is 1.53. The number of anilines is 1. The van der Waals surface area contributed by atoms with Crippen LogP contribution in [-0.2, 0) is 0 Å². The Labute approximate surface area is 146 Å². The van der Waals surface area contributed by atoms with Crippen molar-refractivity contribution in [2.24, 2.45) is 0 Å². The molecule has 7 heteroatoms. The van der Waals surface area contributed by atoms with E-state index in [1.165, 1.54) is 0 Å². The molecule has 0 saturated carbocycles. The Bertz CT molecular complexity index is 778. The summed E-state index contributed by atoms with van der Waals surface area (Å²) in [7, 11) is 0. The van der Waals surface area contributed by atoms with Crippen molar-refractivity contribution in [1.29, 1.82) is 0 Å². The zero-order valence-electron chi connectivity index (χ0n) is 14.1. The fourth-order valence-electron chi connectivity index (χ4n) is 3.12. The molecule has 7 nitrogen and oxygen atoms in total. The zero-order valence-corrected chi connectivity index (χ0v) is 14.1. The third kappa shape index (κ3) is 3.22. The standard InChI is InChI=1S/C18H20N4O3/c1-13-3-6-17(20-19-13)21-7-2-8-22(10-9-21)18(23)14-4-5-15-16(11-14)25-12-24-15/h3-6,11H,2,7-10,12H2,1H3. The molecule has 1 aromatic carbocycles. The van der Waals surface area contributed by atoms with Crippen LogP contribution in [-0.4, -0.2) is 54.0 Å². The molecule has 0 unspecified atom stereocenters. The molecule has 0 spiro atoms. The normalized spacial score (nSPS) is 16.7. The highest BCUT2D eigenvalue weighted by Crippen LogP contribution is 2.32. The highest BCUT2D eigenvalue weighted by Gasteiger charge is 2.23. The van der Waals surface area contributed by atoms with Gasteiger partial charge >= 0.3 is 0 Å². The second-order valence-electron chi connectivity index (χ2n) is 6.23. The predicted octanol–water partition coefficient (Wildman–Crippen LogP) is 1.87. The van der Waals surface area contributed by atoms with Crippen LogP contribution in [0.25, 0.3) is 0 Å². The lowest BCUT2D eigenvalue weighted by atomic mass is 10.1. The lowest BCUT2D eigenvalue weighted by molar-refractivity contribution is 0.0766. The van der Waals surface area contributed by atoms with Crippen molar-refractivity contribution in [3.8, 4) is 11.5 Å². The van der Waals surface area contributed by atoms with Crippen LogP contribution in [0.15, 0.2) is 30.3 Å². The Morgan fingerprint density at radius 3 is 2.72 bits per heavy atom. The van der Waals surface area contributed by atoms with Gasteiger partial charge in [0.1, 0.15) is 0 Å². The number of amides is 1. The summed E-state index contributed by atoms with van der Waals surface area (Å²) in [6.45, 7) is 5.12. The predicted molar refractivity (Wildman–Crippen MR) is 92.1 cm³/mol. The monoisotopic (exact) mass is 340 g/mol. The van der Waals surface area contributed by atoms with Gasteiger partial charge in [0.05, 0.1) is 5.69 Å². The van der Waals surface area contributed by atoms with Crippen LogP contribution < -0.4 is 14.4 Å². The Morgan fingerprint density at radius 1 is 1.00 bits per heavy atom. The average molecular weight is 340 g/mol. The van der Waals surface area contributed by atoms with Crippen molar-refractivity contribution >= 4 is 11.7 Å². The summed E-state index contributed by atoms with van der Waals surface area (Å²) in [5.74, 6) is 2.21. The Hall–Kier alpha value is -2.83. The molecule has 4 rings (SSSR count). The topological polar surface area (TPSA) is 67.8 Å². The van der Waals surface area contributed by atoms with E-state index in [0.717, 1.165) is 37.6 Å². The van der Waals surface area contributed by atoms with Crippen LogP contribution in [0, 0.1) is 6.92 Å². The average Bonchev–Trinajstić information content (AvgIpc) is 2.97. The number of fused-ring (bicyclic) bond motifs is 1. The summed E-state index contributed by atoms with van der Waals surface area (Å²) in [5, 5.41) is 8.38. The lowest BCUT2D eigenvalue weighted by Crippen LogP contribution is -2.35. The summed E-state index contributed by atoms with van der Waals surface area (Å²) >= 11 is 0. The van der Waals surface area contributed by atoms with Gasteiger partial charge in [-0.2, -0.15) is 5.10 Å². The van der Waals surface area contributed by atoms with E-state index < -0.39 is 0 Å². The van der Waals surface area contributed by atoms with Crippen LogP contribution in [0.1, 0.15) is 22.5 Å². The Kier molecular flexibility index (Phi) is 4.13. The highest BCUT2D eigenvalue weighted by atomic mass is 16.7. The van der Waals surface area contributed by atoms with E-state index in [2.05, 4.69) is 15.1 Å². The van der Waals surface area contributed by atoms with E-state index in [4.69, 9.17) is 9.47 Å². The van der Waals surface area contributed by atoms with Gasteiger partial charge in [0.25, 0.3) is 5.91 Å². The van der Waals surface area contributed by atoms with Gasteiger partial charge in [-0.25, -0.2) is 0 Å². The minimum absolute atomic E-state index is 0.0233. The molecule has 0 bridgehead atoms. The van der Waals surface area contributed by atoms with E-state index >= 15 is 0 Å². The highest BCUT2D eigenvalue weighted by molar-refractivity contribution is 5.95. The number of hydrogen-bond acceptors (Lipinski definition) is 6. The first-order valence-electron chi connectivity index (χ1n) is 8.45. The maximum absolute atomic E-state index is 12.8.